The molecule has 2 aliphatic heterocycles. The van der Waals surface area contributed by atoms with Gasteiger partial charge >= 0.3 is 6.09 Å². The van der Waals surface area contributed by atoms with Crippen molar-refractivity contribution in [3.05, 3.63) is 0 Å². The summed E-state index contributed by atoms with van der Waals surface area (Å²) in [5.74, 6) is 0. The predicted octanol–water partition coefficient (Wildman–Crippen LogP) is 2.11. The van der Waals surface area contributed by atoms with Crippen LogP contribution >= 0.6 is 0 Å². The third-order valence-corrected chi connectivity index (χ3v) is 3.91. The van der Waals surface area contributed by atoms with Gasteiger partial charge in [0.05, 0.1) is 13.2 Å². The fraction of sp³-hybridized carbons (Fsp3) is 0.933. The molecule has 5 nitrogen and oxygen atoms in total. The lowest BCUT2D eigenvalue weighted by Gasteiger charge is -2.34. The second kappa shape index (κ2) is 6.76. The van der Waals surface area contributed by atoms with Crippen molar-refractivity contribution in [1.29, 1.82) is 0 Å². The second-order valence-corrected chi connectivity index (χ2v) is 6.70. The Labute approximate surface area is 122 Å². The molecule has 20 heavy (non-hydrogen) atoms. The Bertz CT molecular complexity index is 322. The maximum Gasteiger partial charge on any atom is 0.410 e. The molecule has 2 aliphatic rings. The van der Waals surface area contributed by atoms with E-state index in [0.717, 1.165) is 52.2 Å². The quantitative estimate of drug-likeness (QED) is 0.739. The van der Waals surface area contributed by atoms with Gasteiger partial charge in [-0.05, 0) is 40.0 Å². The number of carbonyl (C=O) groups is 1. The van der Waals surface area contributed by atoms with Gasteiger partial charge in [0.15, 0.2) is 0 Å². The van der Waals surface area contributed by atoms with E-state index >= 15 is 0 Å². The van der Waals surface area contributed by atoms with Gasteiger partial charge in [0.25, 0.3) is 0 Å². The summed E-state index contributed by atoms with van der Waals surface area (Å²) in [7, 11) is 0. The summed E-state index contributed by atoms with van der Waals surface area (Å²) in [5.41, 5.74) is -0.410. The lowest BCUT2D eigenvalue weighted by Crippen LogP contribution is -2.44. The van der Waals surface area contributed by atoms with Crippen LogP contribution in [0.3, 0.4) is 0 Å². The minimum Gasteiger partial charge on any atom is -0.444 e. The Hall–Kier alpha value is -0.810. The van der Waals surface area contributed by atoms with Gasteiger partial charge < -0.3 is 14.4 Å². The number of nitrogens with zero attached hydrogens (tertiary/aromatic N) is 2. The summed E-state index contributed by atoms with van der Waals surface area (Å²) in [6, 6.07) is 0.589. The Morgan fingerprint density at radius 1 is 1.10 bits per heavy atom. The smallest absolute Gasteiger partial charge is 0.410 e. The predicted molar refractivity (Wildman–Crippen MR) is 77.8 cm³/mol. The summed E-state index contributed by atoms with van der Waals surface area (Å²) in [6.07, 6.45) is 3.10. The van der Waals surface area contributed by atoms with Gasteiger partial charge in [0, 0.05) is 32.2 Å². The number of hydrogen-bond donors (Lipinski definition) is 0. The molecule has 116 valence electrons. The Balaban J connectivity index is 1.83. The van der Waals surface area contributed by atoms with E-state index in [-0.39, 0.29) is 6.09 Å². The highest BCUT2D eigenvalue weighted by Crippen LogP contribution is 2.19. The Kier molecular flexibility index (Phi) is 5.27. The minimum absolute atomic E-state index is 0.167. The second-order valence-electron chi connectivity index (χ2n) is 6.70. The van der Waals surface area contributed by atoms with E-state index in [1.807, 2.05) is 25.7 Å². The summed E-state index contributed by atoms with van der Waals surface area (Å²) in [6.45, 7) is 11.1. The number of rotatable bonds is 1. The molecule has 1 unspecified atom stereocenters. The van der Waals surface area contributed by atoms with Crippen LogP contribution in [0.1, 0.15) is 40.0 Å². The molecule has 0 saturated carbocycles. The van der Waals surface area contributed by atoms with Crippen LogP contribution in [0.15, 0.2) is 0 Å². The van der Waals surface area contributed by atoms with Gasteiger partial charge in [-0.1, -0.05) is 0 Å². The highest BCUT2D eigenvalue weighted by atomic mass is 16.6. The number of morpholine rings is 1. The van der Waals surface area contributed by atoms with E-state index in [9.17, 15) is 4.79 Å². The molecule has 5 heteroatoms. The van der Waals surface area contributed by atoms with Crippen LogP contribution in [0.5, 0.6) is 0 Å². The van der Waals surface area contributed by atoms with Crippen LogP contribution in [0.2, 0.25) is 0 Å². The number of likely N-dealkylation sites (tertiary alicyclic amines) is 1. The number of carbonyl (C=O) groups excluding carboxylic acids is 1. The standard InChI is InChI=1S/C15H28N2O3/c1-15(2,3)20-14(18)17-7-4-5-13(6-8-17)16-9-11-19-12-10-16/h13H,4-12H2,1-3H3. The van der Waals surface area contributed by atoms with E-state index in [1.54, 1.807) is 0 Å². The molecule has 1 amide bonds. The lowest BCUT2D eigenvalue weighted by atomic mass is 10.1. The molecule has 0 aromatic heterocycles. The normalized spacial score (nSPS) is 26.1. The monoisotopic (exact) mass is 284 g/mol. The van der Waals surface area contributed by atoms with Gasteiger partial charge in [-0.25, -0.2) is 4.79 Å². The molecule has 0 spiro atoms. The van der Waals surface area contributed by atoms with Crippen LogP contribution in [0.4, 0.5) is 4.79 Å². The largest absolute Gasteiger partial charge is 0.444 e. The number of amides is 1. The van der Waals surface area contributed by atoms with Crippen molar-refractivity contribution in [1.82, 2.24) is 9.80 Å². The van der Waals surface area contributed by atoms with Crippen molar-refractivity contribution >= 4 is 6.09 Å². The molecule has 0 radical (unpaired) electrons. The molecule has 0 bridgehead atoms. The first-order valence-corrected chi connectivity index (χ1v) is 7.75. The van der Waals surface area contributed by atoms with Crippen molar-refractivity contribution in [2.75, 3.05) is 39.4 Å². The van der Waals surface area contributed by atoms with Crippen molar-refractivity contribution < 1.29 is 14.3 Å². The molecular formula is C15H28N2O3. The first-order chi connectivity index (χ1) is 9.46. The average Bonchev–Trinajstić information content (AvgIpc) is 2.63. The molecule has 0 N–H and O–H groups in total. The topological polar surface area (TPSA) is 42.0 Å². The Morgan fingerprint density at radius 2 is 1.80 bits per heavy atom. The Morgan fingerprint density at radius 3 is 2.45 bits per heavy atom. The van der Waals surface area contributed by atoms with Gasteiger partial charge in [-0.2, -0.15) is 0 Å². The maximum atomic E-state index is 12.1. The molecule has 2 heterocycles. The van der Waals surface area contributed by atoms with Crippen molar-refractivity contribution in [3.63, 3.8) is 0 Å². The van der Waals surface area contributed by atoms with Crippen molar-refractivity contribution in [2.45, 2.75) is 51.7 Å². The zero-order valence-corrected chi connectivity index (χ0v) is 13.1. The van der Waals surface area contributed by atoms with Gasteiger partial charge in [-0.15, -0.1) is 0 Å². The zero-order valence-electron chi connectivity index (χ0n) is 13.1. The SMILES string of the molecule is CC(C)(C)OC(=O)N1CCCC(N2CCOCC2)CC1. The minimum atomic E-state index is -0.410. The highest BCUT2D eigenvalue weighted by Gasteiger charge is 2.28. The number of hydrogen-bond acceptors (Lipinski definition) is 4. The van der Waals surface area contributed by atoms with Crippen LogP contribution in [0.25, 0.3) is 0 Å². The van der Waals surface area contributed by atoms with E-state index in [0.29, 0.717) is 6.04 Å². The van der Waals surface area contributed by atoms with E-state index in [1.165, 1.54) is 6.42 Å². The van der Waals surface area contributed by atoms with E-state index < -0.39 is 5.60 Å². The molecule has 2 fully saturated rings. The zero-order chi connectivity index (χ0) is 14.6. The van der Waals surface area contributed by atoms with Gasteiger partial charge in [0.2, 0.25) is 0 Å². The molecule has 0 aromatic carbocycles. The summed E-state index contributed by atoms with van der Waals surface area (Å²) in [4.78, 5) is 16.5. The summed E-state index contributed by atoms with van der Waals surface area (Å²) >= 11 is 0. The third-order valence-electron chi connectivity index (χ3n) is 3.91. The summed E-state index contributed by atoms with van der Waals surface area (Å²) < 4.78 is 10.9. The lowest BCUT2D eigenvalue weighted by molar-refractivity contribution is 0.0116. The highest BCUT2D eigenvalue weighted by molar-refractivity contribution is 5.68. The van der Waals surface area contributed by atoms with Crippen LogP contribution < -0.4 is 0 Å². The molecule has 0 aliphatic carbocycles. The van der Waals surface area contributed by atoms with Gasteiger partial charge in [0.1, 0.15) is 5.60 Å². The van der Waals surface area contributed by atoms with E-state index in [4.69, 9.17) is 9.47 Å². The third kappa shape index (κ3) is 4.63. The van der Waals surface area contributed by atoms with Crippen molar-refractivity contribution in [2.24, 2.45) is 0 Å². The molecule has 2 saturated heterocycles. The summed E-state index contributed by atoms with van der Waals surface area (Å²) in [5, 5.41) is 0. The average molecular weight is 284 g/mol. The molecule has 1 atom stereocenters. The first kappa shape index (κ1) is 15.6. The van der Waals surface area contributed by atoms with Crippen molar-refractivity contribution in [3.8, 4) is 0 Å². The van der Waals surface area contributed by atoms with E-state index in [2.05, 4.69) is 4.90 Å². The maximum absolute atomic E-state index is 12.1. The van der Waals surface area contributed by atoms with Crippen LogP contribution in [0, 0.1) is 0 Å². The van der Waals surface area contributed by atoms with Gasteiger partial charge in [-0.3, -0.25) is 4.90 Å². The molecular weight excluding hydrogens is 256 g/mol. The fourth-order valence-electron chi connectivity index (χ4n) is 2.90. The fourth-order valence-corrected chi connectivity index (χ4v) is 2.90. The molecule has 2 rings (SSSR count). The first-order valence-electron chi connectivity index (χ1n) is 7.75. The molecule has 0 aromatic rings. The number of ether oxygens (including phenoxy) is 2. The van der Waals surface area contributed by atoms with Crippen LogP contribution in [-0.2, 0) is 9.47 Å². The van der Waals surface area contributed by atoms with Crippen LogP contribution in [-0.4, -0.2) is 66.9 Å².